The molecule has 0 saturated carbocycles. The van der Waals surface area contributed by atoms with Crippen LogP contribution < -0.4 is 9.46 Å². The number of carbonyl (C=O) groups is 1. The lowest BCUT2D eigenvalue weighted by Gasteiger charge is -2.12. The molecule has 1 N–H and O–H groups in total. The number of ether oxygens (including phenoxy) is 1. The number of Topliss-reactive ketones (excluding diaryl/α,β-unsaturated/α-hetero) is 1. The topological polar surface area (TPSA) is 75.7 Å². The third-order valence-corrected chi connectivity index (χ3v) is 2.87. The highest BCUT2D eigenvalue weighted by molar-refractivity contribution is 7.88. The maximum atomic E-state index is 12.3. The summed E-state index contributed by atoms with van der Waals surface area (Å²) in [5, 5.41) is 0. The minimum absolute atomic E-state index is 0.0114. The summed E-state index contributed by atoms with van der Waals surface area (Å²) in [7, 11) is 1.40. The molecule has 20 heavy (non-hydrogen) atoms. The highest BCUT2D eigenvalue weighted by atomic mass is 32.2. The van der Waals surface area contributed by atoms with Crippen LogP contribution >= 0.6 is 0 Å². The summed E-state index contributed by atoms with van der Waals surface area (Å²) in [5.74, 6) is 0.211. The van der Waals surface area contributed by atoms with Crippen molar-refractivity contribution in [3.05, 3.63) is 41.7 Å². The maximum absolute atomic E-state index is 12.3. The Hall–Kier alpha value is -2.02. The second kappa shape index (κ2) is 6.42. The molecule has 0 spiro atoms. The van der Waals surface area contributed by atoms with Gasteiger partial charge in [-0.2, -0.15) is 0 Å². The van der Waals surface area contributed by atoms with Crippen molar-refractivity contribution in [2.45, 2.75) is 0 Å². The smallest absolute Gasteiger partial charge is 0.229 e. The minimum atomic E-state index is -3.53. The van der Waals surface area contributed by atoms with Crippen LogP contribution in [0.2, 0.25) is 0 Å². The standard InChI is InChI=1S/C13H18N2O4S/c1-15(2)9-12(14-20(4,17)18)13(16)10-5-7-11(19-3)8-6-10/h5-9,14H,1-4H3/b12-9-. The van der Waals surface area contributed by atoms with Crippen molar-refractivity contribution in [3.63, 3.8) is 0 Å². The fourth-order valence-electron chi connectivity index (χ4n) is 1.49. The molecule has 0 bridgehead atoms. The van der Waals surface area contributed by atoms with E-state index in [1.807, 2.05) is 0 Å². The molecule has 1 aromatic carbocycles. The number of ketones is 1. The van der Waals surface area contributed by atoms with Crippen LogP contribution in [0.1, 0.15) is 10.4 Å². The predicted octanol–water partition coefficient (Wildman–Crippen LogP) is 0.830. The van der Waals surface area contributed by atoms with Crippen molar-refractivity contribution >= 4 is 15.8 Å². The van der Waals surface area contributed by atoms with E-state index in [0.717, 1.165) is 6.26 Å². The third kappa shape index (κ3) is 4.93. The summed E-state index contributed by atoms with van der Waals surface area (Å²) < 4.78 is 29.9. The Morgan fingerprint density at radius 2 is 1.80 bits per heavy atom. The van der Waals surface area contributed by atoms with Crippen LogP contribution in [0.25, 0.3) is 0 Å². The largest absolute Gasteiger partial charge is 0.497 e. The lowest BCUT2D eigenvalue weighted by molar-refractivity contribution is 0.102. The minimum Gasteiger partial charge on any atom is -0.497 e. The van der Waals surface area contributed by atoms with Gasteiger partial charge in [-0.1, -0.05) is 0 Å². The molecule has 0 aliphatic carbocycles. The predicted molar refractivity (Wildman–Crippen MR) is 77.1 cm³/mol. The van der Waals surface area contributed by atoms with Gasteiger partial charge in [0.2, 0.25) is 15.8 Å². The molecule has 0 fully saturated rings. The zero-order chi connectivity index (χ0) is 15.3. The molecule has 7 heteroatoms. The molecule has 0 unspecified atom stereocenters. The molecule has 0 aliphatic rings. The van der Waals surface area contributed by atoms with Gasteiger partial charge >= 0.3 is 0 Å². The molecule has 0 heterocycles. The van der Waals surface area contributed by atoms with Crippen molar-refractivity contribution in [2.24, 2.45) is 0 Å². The molecule has 0 aromatic heterocycles. The number of allylic oxidation sites excluding steroid dienone is 1. The molecular weight excluding hydrogens is 280 g/mol. The van der Waals surface area contributed by atoms with Gasteiger partial charge in [-0.05, 0) is 24.3 Å². The Labute approximate surface area is 119 Å². The molecule has 0 aliphatic heterocycles. The van der Waals surface area contributed by atoms with Crippen LogP contribution in [0.15, 0.2) is 36.2 Å². The Balaban J connectivity index is 3.10. The summed E-state index contributed by atoms with van der Waals surface area (Å²) in [6.07, 6.45) is 2.42. The van der Waals surface area contributed by atoms with E-state index >= 15 is 0 Å². The van der Waals surface area contributed by atoms with E-state index in [0.29, 0.717) is 11.3 Å². The molecule has 0 saturated heterocycles. The average Bonchev–Trinajstić information content (AvgIpc) is 2.35. The number of hydrogen-bond acceptors (Lipinski definition) is 5. The summed E-state index contributed by atoms with van der Waals surface area (Å²) in [4.78, 5) is 13.9. The second-order valence-electron chi connectivity index (χ2n) is 4.44. The Morgan fingerprint density at radius 1 is 1.25 bits per heavy atom. The summed E-state index contributed by atoms with van der Waals surface area (Å²) in [6.45, 7) is 0. The van der Waals surface area contributed by atoms with Crippen molar-refractivity contribution in [1.29, 1.82) is 0 Å². The fraction of sp³-hybridized carbons (Fsp3) is 0.308. The van der Waals surface area contributed by atoms with Crippen molar-refractivity contribution in [1.82, 2.24) is 9.62 Å². The van der Waals surface area contributed by atoms with E-state index in [9.17, 15) is 13.2 Å². The summed E-state index contributed by atoms with van der Waals surface area (Å²) in [6, 6.07) is 6.44. The van der Waals surface area contributed by atoms with Crippen molar-refractivity contribution in [3.8, 4) is 5.75 Å². The highest BCUT2D eigenvalue weighted by Gasteiger charge is 2.16. The van der Waals surface area contributed by atoms with Gasteiger partial charge in [-0.25, -0.2) is 8.42 Å². The van der Waals surface area contributed by atoms with Crippen LogP contribution in [0, 0.1) is 0 Å². The van der Waals surface area contributed by atoms with E-state index < -0.39 is 15.8 Å². The molecule has 1 aromatic rings. The molecule has 6 nitrogen and oxygen atoms in total. The van der Waals surface area contributed by atoms with Gasteiger partial charge in [0.05, 0.1) is 13.4 Å². The monoisotopic (exact) mass is 298 g/mol. The Bertz CT molecular complexity index is 604. The van der Waals surface area contributed by atoms with Crippen molar-refractivity contribution in [2.75, 3.05) is 27.5 Å². The molecule has 0 amide bonds. The fourth-order valence-corrected chi connectivity index (χ4v) is 2.03. The third-order valence-electron chi connectivity index (χ3n) is 2.28. The number of methoxy groups -OCH3 is 1. The molecule has 1 rings (SSSR count). The van der Waals surface area contributed by atoms with Crippen LogP contribution in [-0.2, 0) is 10.0 Å². The molecule has 0 radical (unpaired) electrons. The first-order chi connectivity index (χ1) is 9.23. The maximum Gasteiger partial charge on any atom is 0.229 e. The van der Waals surface area contributed by atoms with Gasteiger partial charge in [0.1, 0.15) is 11.4 Å². The van der Waals surface area contributed by atoms with Crippen LogP contribution in [0.4, 0.5) is 0 Å². The number of carbonyl (C=O) groups excluding carboxylic acids is 1. The number of benzene rings is 1. The van der Waals surface area contributed by atoms with Crippen molar-refractivity contribution < 1.29 is 17.9 Å². The molecular formula is C13H18N2O4S. The summed E-state index contributed by atoms with van der Waals surface area (Å²) >= 11 is 0. The number of nitrogens with one attached hydrogen (secondary N) is 1. The normalized spacial score (nSPS) is 11.9. The number of sulfonamides is 1. The Morgan fingerprint density at radius 3 is 2.20 bits per heavy atom. The van der Waals surface area contributed by atoms with Gasteiger partial charge in [-0.15, -0.1) is 0 Å². The first kappa shape index (κ1) is 16.0. The Kier molecular flexibility index (Phi) is 5.15. The van der Waals surface area contributed by atoms with Gasteiger partial charge in [0, 0.05) is 25.9 Å². The number of nitrogens with zero attached hydrogens (tertiary/aromatic N) is 1. The van der Waals surface area contributed by atoms with Crippen LogP contribution in [-0.4, -0.2) is 46.6 Å². The first-order valence-corrected chi connectivity index (χ1v) is 7.67. The van der Waals surface area contributed by atoms with Gasteiger partial charge in [0.25, 0.3) is 0 Å². The number of rotatable bonds is 6. The van der Waals surface area contributed by atoms with Crippen LogP contribution in [0.3, 0.4) is 0 Å². The lowest BCUT2D eigenvalue weighted by Crippen LogP contribution is -2.28. The second-order valence-corrected chi connectivity index (χ2v) is 6.19. The van der Waals surface area contributed by atoms with E-state index in [2.05, 4.69) is 4.72 Å². The van der Waals surface area contributed by atoms with E-state index in [1.54, 1.807) is 43.3 Å². The first-order valence-electron chi connectivity index (χ1n) is 5.77. The van der Waals surface area contributed by atoms with Gasteiger partial charge in [-0.3, -0.25) is 9.52 Å². The van der Waals surface area contributed by atoms with Gasteiger partial charge < -0.3 is 9.64 Å². The quantitative estimate of drug-likeness (QED) is 0.622. The highest BCUT2D eigenvalue weighted by Crippen LogP contribution is 2.14. The van der Waals surface area contributed by atoms with E-state index in [4.69, 9.17) is 4.74 Å². The summed E-state index contributed by atoms with van der Waals surface area (Å²) in [5.41, 5.74) is 0.359. The van der Waals surface area contributed by atoms with E-state index in [-0.39, 0.29) is 5.70 Å². The average molecular weight is 298 g/mol. The van der Waals surface area contributed by atoms with Crippen LogP contribution in [0.5, 0.6) is 5.75 Å². The van der Waals surface area contributed by atoms with Gasteiger partial charge in [0.15, 0.2) is 0 Å². The number of hydrogen-bond donors (Lipinski definition) is 1. The zero-order valence-electron chi connectivity index (χ0n) is 11.9. The van der Waals surface area contributed by atoms with E-state index in [1.165, 1.54) is 13.3 Å². The molecule has 0 atom stereocenters. The SMILES string of the molecule is COc1ccc(C(=O)/C(=C/N(C)C)NS(C)(=O)=O)cc1. The zero-order valence-corrected chi connectivity index (χ0v) is 12.7. The molecule has 110 valence electrons. The lowest BCUT2D eigenvalue weighted by atomic mass is 10.1.